The Balaban J connectivity index is 3.99. The highest BCUT2D eigenvalue weighted by Crippen LogP contribution is 1.99. The third kappa shape index (κ3) is 5.17. The highest BCUT2D eigenvalue weighted by Gasteiger charge is 2.13. The van der Waals surface area contributed by atoms with Gasteiger partial charge in [-0.05, 0) is 6.42 Å². The van der Waals surface area contributed by atoms with E-state index in [-0.39, 0.29) is 18.1 Å². The molecular formula is C10H17NO4. The Hall–Kier alpha value is -1.36. The number of carbonyl (C=O) groups excluding carboxylic acids is 2. The second kappa shape index (κ2) is 7.00. The van der Waals surface area contributed by atoms with E-state index in [4.69, 9.17) is 5.11 Å². The second-order valence-corrected chi connectivity index (χ2v) is 3.15. The maximum Gasteiger partial charge on any atom is 0.332 e. The third-order valence-electron chi connectivity index (χ3n) is 1.74. The molecule has 0 rings (SSSR count). The van der Waals surface area contributed by atoms with Gasteiger partial charge in [-0.25, -0.2) is 4.79 Å². The zero-order valence-corrected chi connectivity index (χ0v) is 9.15. The average Bonchev–Trinajstić information content (AvgIpc) is 2.24. The Bertz CT molecular complexity index is 250. The number of esters is 1. The van der Waals surface area contributed by atoms with Crippen LogP contribution in [0.5, 0.6) is 0 Å². The van der Waals surface area contributed by atoms with Crippen LogP contribution in [0.3, 0.4) is 0 Å². The minimum absolute atomic E-state index is 0.174. The number of likely N-dealkylation sites (N-methyl/N-ethyl adjacent to an activating group) is 1. The lowest BCUT2D eigenvalue weighted by molar-refractivity contribution is -0.146. The van der Waals surface area contributed by atoms with Gasteiger partial charge in [0.15, 0.2) is 0 Å². The van der Waals surface area contributed by atoms with E-state index in [0.717, 1.165) is 6.42 Å². The van der Waals surface area contributed by atoms with E-state index in [9.17, 15) is 9.59 Å². The van der Waals surface area contributed by atoms with Gasteiger partial charge in [0.1, 0.15) is 13.2 Å². The molecule has 1 amide bonds. The van der Waals surface area contributed by atoms with Crippen LogP contribution in [0, 0.1) is 0 Å². The van der Waals surface area contributed by atoms with Crippen molar-refractivity contribution in [3.63, 3.8) is 0 Å². The zero-order valence-electron chi connectivity index (χ0n) is 9.15. The third-order valence-corrected chi connectivity index (χ3v) is 1.74. The van der Waals surface area contributed by atoms with Crippen molar-refractivity contribution in [2.75, 3.05) is 26.8 Å². The quantitative estimate of drug-likeness (QED) is 0.498. The van der Waals surface area contributed by atoms with E-state index < -0.39 is 12.6 Å². The van der Waals surface area contributed by atoms with Gasteiger partial charge in [-0.15, -0.1) is 0 Å². The first-order valence-corrected chi connectivity index (χ1v) is 4.72. The molecule has 0 saturated carbocycles. The van der Waals surface area contributed by atoms with Crippen LogP contribution in [0.2, 0.25) is 0 Å². The van der Waals surface area contributed by atoms with E-state index in [2.05, 4.69) is 11.3 Å². The van der Waals surface area contributed by atoms with E-state index >= 15 is 0 Å². The van der Waals surface area contributed by atoms with Crippen molar-refractivity contribution >= 4 is 11.9 Å². The molecule has 0 aromatic heterocycles. The number of aliphatic hydroxyl groups is 1. The average molecular weight is 215 g/mol. The van der Waals surface area contributed by atoms with Crippen molar-refractivity contribution in [2.24, 2.45) is 0 Å². The molecule has 0 unspecified atom stereocenters. The Morgan fingerprint density at radius 1 is 1.47 bits per heavy atom. The Morgan fingerprint density at radius 3 is 2.53 bits per heavy atom. The van der Waals surface area contributed by atoms with Crippen molar-refractivity contribution in [1.29, 1.82) is 0 Å². The predicted molar refractivity (Wildman–Crippen MR) is 55.1 cm³/mol. The molecule has 5 nitrogen and oxygen atoms in total. The van der Waals surface area contributed by atoms with Crippen molar-refractivity contribution in [1.82, 2.24) is 4.90 Å². The van der Waals surface area contributed by atoms with Gasteiger partial charge in [-0.1, -0.05) is 13.5 Å². The summed E-state index contributed by atoms with van der Waals surface area (Å²) in [5.74, 6) is -1.01. The summed E-state index contributed by atoms with van der Waals surface area (Å²) in [5.41, 5.74) is 0.202. The Labute approximate surface area is 89.3 Å². The predicted octanol–water partition coefficient (Wildman–Crippen LogP) is -0.0535. The van der Waals surface area contributed by atoms with Crippen molar-refractivity contribution < 1.29 is 19.4 Å². The van der Waals surface area contributed by atoms with Crippen LogP contribution in [-0.4, -0.2) is 48.7 Å². The van der Waals surface area contributed by atoms with Crippen molar-refractivity contribution in [3.05, 3.63) is 12.2 Å². The number of carbonyl (C=O) groups is 2. The van der Waals surface area contributed by atoms with E-state index in [1.54, 1.807) is 7.05 Å². The number of ether oxygens (including phenoxy) is 1. The lowest BCUT2D eigenvalue weighted by Gasteiger charge is -2.17. The number of amides is 1. The molecule has 5 heteroatoms. The first-order valence-electron chi connectivity index (χ1n) is 4.72. The molecule has 0 aromatic carbocycles. The van der Waals surface area contributed by atoms with Crippen molar-refractivity contribution in [2.45, 2.75) is 13.3 Å². The minimum atomic E-state index is -0.762. The van der Waals surface area contributed by atoms with Gasteiger partial charge >= 0.3 is 5.97 Å². The van der Waals surface area contributed by atoms with Crippen molar-refractivity contribution in [3.8, 4) is 0 Å². The molecule has 86 valence electrons. The molecule has 0 aromatic rings. The van der Waals surface area contributed by atoms with E-state index in [0.29, 0.717) is 6.54 Å². The number of hydrogen-bond donors (Lipinski definition) is 1. The van der Waals surface area contributed by atoms with Crippen LogP contribution in [0.25, 0.3) is 0 Å². The molecule has 0 aliphatic heterocycles. The molecule has 1 N–H and O–H groups in total. The Kier molecular flexibility index (Phi) is 6.37. The van der Waals surface area contributed by atoms with E-state index in [1.165, 1.54) is 4.90 Å². The first kappa shape index (κ1) is 13.6. The van der Waals surface area contributed by atoms with Crippen LogP contribution in [0.15, 0.2) is 12.2 Å². The summed E-state index contributed by atoms with van der Waals surface area (Å²) in [7, 11) is 1.66. The van der Waals surface area contributed by atoms with Crippen LogP contribution in [0.4, 0.5) is 0 Å². The zero-order chi connectivity index (χ0) is 11.8. The minimum Gasteiger partial charge on any atom is -0.459 e. The van der Waals surface area contributed by atoms with E-state index in [1.807, 2.05) is 6.92 Å². The molecule has 0 aliphatic rings. The molecule has 0 spiro atoms. The molecule has 0 saturated heterocycles. The SMILES string of the molecule is C=C(COC(=O)CO)C(=O)N(C)CCC. The maximum absolute atomic E-state index is 11.5. The fourth-order valence-corrected chi connectivity index (χ4v) is 0.982. The van der Waals surface area contributed by atoms with Crippen LogP contribution in [0.1, 0.15) is 13.3 Å². The summed E-state index contributed by atoms with van der Waals surface area (Å²) in [6.45, 7) is 5.24. The number of aliphatic hydroxyl groups excluding tert-OH is 1. The van der Waals surface area contributed by atoms with Gasteiger partial charge in [0, 0.05) is 19.2 Å². The number of rotatable bonds is 6. The lowest BCUT2D eigenvalue weighted by atomic mass is 10.3. The fraction of sp³-hybridized carbons (Fsp3) is 0.600. The summed E-state index contributed by atoms with van der Waals surface area (Å²) >= 11 is 0. The van der Waals surface area contributed by atoms with Gasteiger partial charge in [0.25, 0.3) is 5.91 Å². The van der Waals surface area contributed by atoms with Crippen LogP contribution in [-0.2, 0) is 14.3 Å². The fourth-order valence-electron chi connectivity index (χ4n) is 0.982. The van der Waals surface area contributed by atoms with Crippen LogP contribution >= 0.6 is 0 Å². The summed E-state index contributed by atoms with van der Waals surface area (Å²) < 4.78 is 4.57. The molecule has 0 atom stereocenters. The summed E-state index contributed by atoms with van der Waals surface area (Å²) in [6, 6.07) is 0. The molecule has 15 heavy (non-hydrogen) atoms. The highest BCUT2D eigenvalue weighted by molar-refractivity contribution is 5.93. The summed E-state index contributed by atoms with van der Waals surface area (Å²) in [4.78, 5) is 23.6. The van der Waals surface area contributed by atoms with Gasteiger partial charge < -0.3 is 14.7 Å². The number of nitrogens with zero attached hydrogens (tertiary/aromatic N) is 1. The Morgan fingerprint density at radius 2 is 2.07 bits per heavy atom. The van der Waals surface area contributed by atoms with Gasteiger partial charge in [-0.3, -0.25) is 4.79 Å². The molecular weight excluding hydrogens is 198 g/mol. The molecule has 0 bridgehead atoms. The molecule has 0 radical (unpaired) electrons. The smallest absolute Gasteiger partial charge is 0.332 e. The maximum atomic E-state index is 11.5. The summed E-state index contributed by atoms with van der Waals surface area (Å²) in [5, 5.41) is 8.38. The van der Waals surface area contributed by atoms with Gasteiger partial charge in [0.2, 0.25) is 0 Å². The lowest BCUT2D eigenvalue weighted by Crippen LogP contribution is -2.30. The normalized spacial score (nSPS) is 9.53. The first-order chi connectivity index (χ1) is 7.02. The molecule has 0 aliphatic carbocycles. The monoisotopic (exact) mass is 215 g/mol. The van der Waals surface area contributed by atoms with Gasteiger partial charge in [0.05, 0.1) is 0 Å². The number of hydrogen-bond acceptors (Lipinski definition) is 4. The topological polar surface area (TPSA) is 66.8 Å². The highest BCUT2D eigenvalue weighted by atomic mass is 16.5. The van der Waals surface area contributed by atoms with Gasteiger partial charge in [-0.2, -0.15) is 0 Å². The standard InChI is InChI=1S/C10H17NO4/c1-4-5-11(3)10(14)8(2)7-15-9(13)6-12/h12H,2,4-7H2,1,3H3. The molecule has 0 heterocycles. The molecule has 0 fully saturated rings. The second-order valence-electron chi connectivity index (χ2n) is 3.15. The summed E-state index contributed by atoms with van der Waals surface area (Å²) in [6.07, 6.45) is 0.853. The largest absolute Gasteiger partial charge is 0.459 e. The van der Waals surface area contributed by atoms with Crippen LogP contribution < -0.4 is 0 Å².